The zero-order valence-electron chi connectivity index (χ0n) is 10.7. The molecule has 0 nitrogen and oxygen atoms in total. The molecule has 0 saturated carbocycles. The first-order chi connectivity index (χ1) is 10.4. The quantitative estimate of drug-likeness (QED) is 0.422. The summed E-state index contributed by atoms with van der Waals surface area (Å²) in [6, 6.07) is 0. The van der Waals surface area contributed by atoms with Crippen LogP contribution in [0.15, 0.2) is 32.3 Å². The van der Waals surface area contributed by atoms with Crippen molar-refractivity contribution in [3.63, 3.8) is 0 Å². The van der Waals surface area contributed by atoms with Crippen molar-refractivity contribution >= 4 is 34.0 Å². The van der Waals surface area contributed by atoms with Crippen LogP contribution in [0.5, 0.6) is 0 Å². The van der Waals surface area contributed by atoms with Crippen molar-refractivity contribution in [3.05, 3.63) is 65.7 Å². The Kier molecular flexibility index (Phi) is 3.15. The van der Waals surface area contributed by atoms with Gasteiger partial charge in [0.25, 0.3) is 0 Å². The van der Waals surface area contributed by atoms with E-state index in [1.54, 1.807) is 34.0 Å². The lowest BCUT2D eigenvalue weighted by Crippen LogP contribution is -1.82. The highest BCUT2D eigenvalue weighted by molar-refractivity contribution is 7.08. The fourth-order valence-electron chi connectivity index (χ4n) is 1.88. The SMILES string of the molecule is C1#Cc2cscc2C#Cc2cscc2C#Cc2cscc21. The van der Waals surface area contributed by atoms with Gasteiger partial charge in [-0.25, -0.2) is 0 Å². The van der Waals surface area contributed by atoms with Crippen molar-refractivity contribution in [1.29, 1.82) is 0 Å². The van der Waals surface area contributed by atoms with Crippen LogP contribution in [-0.2, 0) is 0 Å². The van der Waals surface area contributed by atoms with Crippen molar-refractivity contribution < 1.29 is 0 Å². The van der Waals surface area contributed by atoms with Gasteiger partial charge in [0.2, 0.25) is 0 Å². The van der Waals surface area contributed by atoms with E-state index in [1.807, 2.05) is 0 Å². The average molecular weight is 318 g/mol. The van der Waals surface area contributed by atoms with Crippen LogP contribution >= 0.6 is 34.0 Å². The van der Waals surface area contributed by atoms with Crippen LogP contribution in [0.3, 0.4) is 0 Å². The second-order valence-electron chi connectivity index (χ2n) is 4.35. The Labute approximate surface area is 135 Å². The van der Waals surface area contributed by atoms with Crippen molar-refractivity contribution in [1.82, 2.24) is 0 Å². The lowest BCUT2D eigenvalue weighted by molar-refractivity contribution is 1.68. The summed E-state index contributed by atoms with van der Waals surface area (Å²) in [5.74, 6) is 19.3. The fraction of sp³-hybridized carbons (Fsp3) is 0. The van der Waals surface area contributed by atoms with Crippen LogP contribution in [0.4, 0.5) is 0 Å². The average Bonchev–Trinajstić information content (AvgIpc) is 3.20. The summed E-state index contributed by atoms with van der Waals surface area (Å²) in [5, 5.41) is 12.3. The first kappa shape index (κ1) is 12.5. The lowest BCUT2D eigenvalue weighted by atomic mass is 10.1. The summed E-state index contributed by atoms with van der Waals surface area (Å²) in [4.78, 5) is 0. The number of hydrogen-bond donors (Lipinski definition) is 0. The Morgan fingerprint density at radius 1 is 0.381 bits per heavy atom. The molecule has 0 amide bonds. The molecular weight excluding hydrogens is 312 g/mol. The molecule has 0 aliphatic heterocycles. The summed E-state index contributed by atoms with van der Waals surface area (Å²) in [5.41, 5.74) is 5.97. The molecule has 4 rings (SSSR count). The van der Waals surface area contributed by atoms with Gasteiger partial charge in [-0.15, -0.1) is 34.0 Å². The molecule has 3 aromatic rings. The van der Waals surface area contributed by atoms with Gasteiger partial charge in [0.05, 0.1) is 33.4 Å². The molecule has 3 aromatic heterocycles. The molecule has 0 radical (unpaired) electrons. The molecule has 0 atom stereocenters. The second-order valence-corrected chi connectivity index (χ2v) is 6.58. The van der Waals surface area contributed by atoms with Gasteiger partial charge in [-0.3, -0.25) is 0 Å². The monoisotopic (exact) mass is 318 g/mol. The van der Waals surface area contributed by atoms with Gasteiger partial charge in [-0.05, 0) is 0 Å². The number of rotatable bonds is 0. The summed E-state index contributed by atoms with van der Waals surface area (Å²) in [6.45, 7) is 0. The van der Waals surface area contributed by atoms with E-state index in [0.29, 0.717) is 0 Å². The molecular formula is C18H6S3. The Hall–Kier alpha value is -2.22. The number of hydrogen-bond acceptors (Lipinski definition) is 3. The molecule has 0 fully saturated rings. The minimum atomic E-state index is 0.995. The van der Waals surface area contributed by atoms with Gasteiger partial charge in [-0.2, -0.15) is 0 Å². The maximum Gasteiger partial charge on any atom is 0.0512 e. The van der Waals surface area contributed by atoms with Crippen LogP contribution < -0.4 is 0 Å². The fourth-order valence-corrected chi connectivity index (χ4v) is 4.01. The largest absolute Gasteiger partial charge is 0.150 e. The van der Waals surface area contributed by atoms with E-state index in [-0.39, 0.29) is 0 Å². The van der Waals surface area contributed by atoms with Gasteiger partial charge < -0.3 is 0 Å². The van der Waals surface area contributed by atoms with E-state index in [9.17, 15) is 0 Å². The number of fused-ring (bicyclic) bond motifs is 3. The zero-order chi connectivity index (χ0) is 14.1. The van der Waals surface area contributed by atoms with Gasteiger partial charge in [0.1, 0.15) is 0 Å². The van der Waals surface area contributed by atoms with E-state index in [2.05, 4.69) is 67.8 Å². The highest BCUT2D eigenvalue weighted by Gasteiger charge is 2.03. The van der Waals surface area contributed by atoms with Gasteiger partial charge in [0.15, 0.2) is 0 Å². The Morgan fingerprint density at radius 3 is 0.762 bits per heavy atom. The highest BCUT2D eigenvalue weighted by Crippen LogP contribution is 2.18. The topological polar surface area (TPSA) is 0 Å². The van der Waals surface area contributed by atoms with Crippen molar-refractivity contribution in [2.45, 2.75) is 0 Å². The Balaban J connectivity index is 1.99. The van der Waals surface area contributed by atoms with Crippen LogP contribution in [0.1, 0.15) is 33.4 Å². The second kappa shape index (κ2) is 5.28. The molecule has 96 valence electrons. The van der Waals surface area contributed by atoms with E-state index in [4.69, 9.17) is 0 Å². The third-order valence-electron chi connectivity index (χ3n) is 2.98. The van der Waals surface area contributed by atoms with Crippen LogP contribution in [-0.4, -0.2) is 0 Å². The highest BCUT2D eigenvalue weighted by atomic mass is 32.1. The first-order valence-corrected chi connectivity index (χ1v) is 8.97. The van der Waals surface area contributed by atoms with E-state index in [0.717, 1.165) is 33.4 Å². The van der Waals surface area contributed by atoms with Crippen LogP contribution in [0.2, 0.25) is 0 Å². The molecule has 0 spiro atoms. The summed E-state index contributed by atoms with van der Waals surface area (Å²) in [7, 11) is 0. The van der Waals surface area contributed by atoms with Gasteiger partial charge in [0, 0.05) is 32.3 Å². The molecule has 0 N–H and O–H groups in total. The minimum Gasteiger partial charge on any atom is -0.150 e. The lowest BCUT2D eigenvalue weighted by Gasteiger charge is -1.90. The standard InChI is InChI=1S/C18H6S3/c1-2-14-8-20-10-16(14)5-6-18-12-21-11-17(18)4-3-15-9-19-7-13(1)15/h7-12H. The normalized spacial score (nSPS) is 10.9. The Morgan fingerprint density at radius 2 is 0.571 bits per heavy atom. The Bertz CT molecular complexity index is 806. The molecule has 3 heteroatoms. The third kappa shape index (κ3) is 2.42. The molecule has 0 unspecified atom stereocenters. The van der Waals surface area contributed by atoms with Crippen molar-refractivity contribution in [2.75, 3.05) is 0 Å². The predicted molar refractivity (Wildman–Crippen MR) is 90.9 cm³/mol. The van der Waals surface area contributed by atoms with Crippen LogP contribution in [0.25, 0.3) is 0 Å². The summed E-state index contributed by atoms with van der Waals surface area (Å²) < 4.78 is 0. The smallest absolute Gasteiger partial charge is 0.0512 e. The minimum absolute atomic E-state index is 0.995. The van der Waals surface area contributed by atoms with Gasteiger partial charge >= 0.3 is 0 Å². The molecule has 1 aliphatic carbocycles. The molecule has 0 aromatic carbocycles. The number of thiophene rings is 3. The summed E-state index contributed by atoms with van der Waals surface area (Å²) >= 11 is 4.90. The van der Waals surface area contributed by atoms with Crippen molar-refractivity contribution in [3.8, 4) is 35.5 Å². The maximum atomic E-state index is 3.22. The molecule has 3 heterocycles. The third-order valence-corrected chi connectivity index (χ3v) is 5.21. The molecule has 0 saturated heterocycles. The predicted octanol–water partition coefficient (Wildman–Crippen LogP) is 4.38. The van der Waals surface area contributed by atoms with E-state index in [1.165, 1.54) is 0 Å². The molecule has 21 heavy (non-hydrogen) atoms. The molecule has 1 aliphatic rings. The van der Waals surface area contributed by atoms with E-state index < -0.39 is 0 Å². The maximum absolute atomic E-state index is 3.22. The summed E-state index contributed by atoms with van der Waals surface area (Å²) in [6.07, 6.45) is 0. The molecule has 0 bridgehead atoms. The first-order valence-electron chi connectivity index (χ1n) is 6.15. The zero-order valence-corrected chi connectivity index (χ0v) is 13.1. The van der Waals surface area contributed by atoms with Crippen molar-refractivity contribution in [2.24, 2.45) is 0 Å². The van der Waals surface area contributed by atoms with E-state index >= 15 is 0 Å². The van der Waals surface area contributed by atoms with Crippen LogP contribution in [0, 0.1) is 35.5 Å². The van der Waals surface area contributed by atoms with Gasteiger partial charge in [-0.1, -0.05) is 35.5 Å².